The fourth-order valence-corrected chi connectivity index (χ4v) is 3.65. The molecule has 0 saturated heterocycles. The Morgan fingerprint density at radius 1 is 0.871 bits per heavy atom. The molecule has 0 unspecified atom stereocenters. The molecule has 7 nitrogen and oxygen atoms in total. The zero-order valence-electron chi connectivity index (χ0n) is 18.9. The molecule has 168 valence electrons. The van der Waals surface area contributed by atoms with Gasteiger partial charge in [-0.25, -0.2) is 0 Å². The van der Waals surface area contributed by atoms with Crippen LogP contribution >= 0.6 is 0 Å². The molecule has 2 aromatic rings. The molecule has 0 heterocycles. The molecule has 1 fully saturated rings. The predicted molar refractivity (Wildman–Crippen MR) is 118 cm³/mol. The molecule has 2 aromatic carbocycles. The zero-order chi connectivity index (χ0) is 22.4. The van der Waals surface area contributed by atoms with Crippen LogP contribution in [-0.2, 0) is 17.8 Å². The highest BCUT2D eigenvalue weighted by atomic mass is 16.5. The molecule has 1 saturated carbocycles. The summed E-state index contributed by atoms with van der Waals surface area (Å²) in [5, 5.41) is 0. The Balaban J connectivity index is 1.73. The van der Waals surface area contributed by atoms with Crippen LogP contribution in [0, 0.1) is 0 Å². The largest absolute Gasteiger partial charge is 0.497 e. The molecule has 1 aliphatic carbocycles. The van der Waals surface area contributed by atoms with Crippen molar-refractivity contribution in [3.63, 3.8) is 0 Å². The van der Waals surface area contributed by atoms with Crippen LogP contribution in [-0.4, -0.2) is 52.4 Å². The highest BCUT2D eigenvalue weighted by Crippen LogP contribution is 2.39. The van der Waals surface area contributed by atoms with Crippen LogP contribution in [0.25, 0.3) is 0 Å². The third-order valence-electron chi connectivity index (χ3n) is 5.49. The van der Waals surface area contributed by atoms with Gasteiger partial charge in [-0.3, -0.25) is 4.79 Å². The van der Waals surface area contributed by atoms with Crippen molar-refractivity contribution in [3.05, 3.63) is 41.5 Å². The van der Waals surface area contributed by atoms with E-state index in [2.05, 4.69) is 0 Å². The first-order valence-electron chi connectivity index (χ1n) is 10.3. The second-order valence-corrected chi connectivity index (χ2v) is 7.46. The summed E-state index contributed by atoms with van der Waals surface area (Å²) in [6, 6.07) is 9.77. The van der Waals surface area contributed by atoms with E-state index in [-0.39, 0.29) is 5.91 Å². The predicted octanol–water partition coefficient (Wildman–Crippen LogP) is 3.85. The minimum atomic E-state index is 0.120. The molecule has 0 aromatic heterocycles. The SMILES string of the molecule is COc1ccc(CN(C(=O)CCc2cc(OC)c(OC)c(OC)c2)C2CC2)c(OC)c1. The standard InChI is InChI=1S/C24H31NO6/c1-27-19-10-7-17(20(14-19)28-2)15-25(18-8-9-18)23(26)11-6-16-12-21(29-3)24(31-5)22(13-16)30-4/h7,10,12-14,18H,6,8-9,11,15H2,1-5H3. The summed E-state index contributed by atoms with van der Waals surface area (Å²) >= 11 is 0. The van der Waals surface area contributed by atoms with E-state index in [0.29, 0.717) is 42.7 Å². The number of amides is 1. The minimum absolute atomic E-state index is 0.120. The fraction of sp³-hybridized carbons (Fsp3) is 0.458. The monoisotopic (exact) mass is 429 g/mol. The third-order valence-corrected chi connectivity index (χ3v) is 5.49. The fourth-order valence-electron chi connectivity index (χ4n) is 3.65. The Morgan fingerprint density at radius 2 is 1.52 bits per heavy atom. The number of nitrogens with zero attached hydrogens (tertiary/aromatic N) is 1. The highest BCUT2D eigenvalue weighted by Gasteiger charge is 2.33. The van der Waals surface area contributed by atoms with Gasteiger partial charge in [-0.05, 0) is 49.1 Å². The zero-order valence-corrected chi connectivity index (χ0v) is 18.9. The van der Waals surface area contributed by atoms with Crippen molar-refractivity contribution < 1.29 is 28.5 Å². The third kappa shape index (κ3) is 5.34. The summed E-state index contributed by atoms with van der Waals surface area (Å²) in [6.45, 7) is 0.520. The Kier molecular flexibility index (Phi) is 7.50. The summed E-state index contributed by atoms with van der Waals surface area (Å²) in [7, 11) is 8.00. The van der Waals surface area contributed by atoms with Crippen LogP contribution in [0.1, 0.15) is 30.4 Å². The maximum atomic E-state index is 13.1. The molecule has 0 spiro atoms. The van der Waals surface area contributed by atoms with Crippen molar-refractivity contribution in [2.45, 2.75) is 38.3 Å². The molecule has 1 aliphatic rings. The first-order chi connectivity index (χ1) is 15.0. The van der Waals surface area contributed by atoms with E-state index < -0.39 is 0 Å². The number of carbonyl (C=O) groups excluding carboxylic acids is 1. The first-order valence-corrected chi connectivity index (χ1v) is 10.3. The molecule has 0 aliphatic heterocycles. The average Bonchev–Trinajstić information content (AvgIpc) is 3.65. The lowest BCUT2D eigenvalue weighted by Crippen LogP contribution is -2.32. The highest BCUT2D eigenvalue weighted by molar-refractivity contribution is 5.77. The Hall–Kier alpha value is -3.09. The number of rotatable bonds is 11. The molecule has 3 rings (SSSR count). The second-order valence-electron chi connectivity index (χ2n) is 7.46. The van der Waals surface area contributed by atoms with Crippen molar-refractivity contribution >= 4 is 5.91 Å². The number of benzene rings is 2. The van der Waals surface area contributed by atoms with E-state index in [4.69, 9.17) is 23.7 Å². The number of carbonyl (C=O) groups is 1. The van der Waals surface area contributed by atoms with Gasteiger partial charge in [-0.15, -0.1) is 0 Å². The van der Waals surface area contributed by atoms with Gasteiger partial charge >= 0.3 is 0 Å². The average molecular weight is 430 g/mol. The van der Waals surface area contributed by atoms with Crippen molar-refractivity contribution in [1.82, 2.24) is 4.90 Å². The van der Waals surface area contributed by atoms with Crippen LogP contribution in [0.2, 0.25) is 0 Å². The smallest absolute Gasteiger partial charge is 0.223 e. The quantitative estimate of drug-likeness (QED) is 0.541. The van der Waals surface area contributed by atoms with Gasteiger partial charge in [0, 0.05) is 30.6 Å². The molecule has 31 heavy (non-hydrogen) atoms. The lowest BCUT2D eigenvalue weighted by Gasteiger charge is -2.24. The summed E-state index contributed by atoms with van der Waals surface area (Å²) in [5.41, 5.74) is 1.93. The van der Waals surface area contributed by atoms with Gasteiger partial charge in [0.05, 0.1) is 35.5 Å². The summed E-state index contributed by atoms with van der Waals surface area (Å²) in [4.78, 5) is 15.1. The van der Waals surface area contributed by atoms with Crippen LogP contribution in [0.5, 0.6) is 28.7 Å². The first kappa shape index (κ1) is 22.6. The van der Waals surface area contributed by atoms with E-state index in [1.807, 2.05) is 35.2 Å². The number of hydrogen-bond acceptors (Lipinski definition) is 6. The van der Waals surface area contributed by atoms with E-state index in [0.717, 1.165) is 35.5 Å². The van der Waals surface area contributed by atoms with E-state index >= 15 is 0 Å². The lowest BCUT2D eigenvalue weighted by molar-refractivity contribution is -0.132. The lowest BCUT2D eigenvalue weighted by atomic mass is 10.1. The van der Waals surface area contributed by atoms with E-state index in [1.165, 1.54) is 0 Å². The summed E-state index contributed by atoms with van der Waals surface area (Å²) < 4.78 is 27.0. The molecular weight excluding hydrogens is 398 g/mol. The van der Waals surface area contributed by atoms with Gasteiger partial charge in [0.25, 0.3) is 0 Å². The van der Waals surface area contributed by atoms with Crippen LogP contribution < -0.4 is 23.7 Å². The van der Waals surface area contributed by atoms with Gasteiger partial charge in [0.15, 0.2) is 11.5 Å². The van der Waals surface area contributed by atoms with Crippen molar-refractivity contribution in [1.29, 1.82) is 0 Å². The number of ether oxygens (including phenoxy) is 5. The maximum absolute atomic E-state index is 13.1. The number of hydrogen-bond donors (Lipinski definition) is 0. The Labute approximate surface area is 183 Å². The van der Waals surface area contributed by atoms with Gasteiger partial charge in [-0.1, -0.05) is 0 Å². The Bertz CT molecular complexity index is 884. The van der Waals surface area contributed by atoms with Crippen LogP contribution in [0.15, 0.2) is 30.3 Å². The van der Waals surface area contributed by atoms with E-state index in [9.17, 15) is 4.79 Å². The van der Waals surface area contributed by atoms with Crippen molar-refractivity contribution in [2.24, 2.45) is 0 Å². The molecular formula is C24H31NO6. The van der Waals surface area contributed by atoms with Crippen molar-refractivity contribution in [2.75, 3.05) is 35.5 Å². The summed E-state index contributed by atoms with van der Waals surface area (Å²) in [5.74, 6) is 3.30. The van der Waals surface area contributed by atoms with Gasteiger partial charge in [0.2, 0.25) is 11.7 Å². The Morgan fingerprint density at radius 3 is 2.03 bits per heavy atom. The van der Waals surface area contributed by atoms with Crippen LogP contribution in [0.4, 0.5) is 0 Å². The van der Waals surface area contributed by atoms with Gasteiger partial charge < -0.3 is 28.6 Å². The van der Waals surface area contributed by atoms with E-state index in [1.54, 1.807) is 35.5 Å². The summed E-state index contributed by atoms with van der Waals surface area (Å²) in [6.07, 6.45) is 3.05. The van der Waals surface area contributed by atoms with Crippen LogP contribution in [0.3, 0.4) is 0 Å². The van der Waals surface area contributed by atoms with Crippen molar-refractivity contribution in [3.8, 4) is 28.7 Å². The number of aryl methyl sites for hydroxylation is 1. The molecule has 7 heteroatoms. The molecule has 0 N–H and O–H groups in total. The van der Waals surface area contributed by atoms with Gasteiger partial charge in [0.1, 0.15) is 11.5 Å². The maximum Gasteiger partial charge on any atom is 0.223 e. The van der Waals surface area contributed by atoms with Gasteiger partial charge in [-0.2, -0.15) is 0 Å². The minimum Gasteiger partial charge on any atom is -0.497 e. The normalized spacial score (nSPS) is 12.8. The number of methoxy groups -OCH3 is 5. The molecule has 1 amide bonds. The molecule has 0 radical (unpaired) electrons. The molecule has 0 bridgehead atoms. The molecule has 0 atom stereocenters. The second kappa shape index (κ2) is 10.3. The topological polar surface area (TPSA) is 66.5 Å².